The van der Waals surface area contributed by atoms with Gasteiger partial charge in [0.05, 0.1) is 4.90 Å². The Morgan fingerprint density at radius 3 is 1.84 bits per heavy atom. The number of rotatable bonds is 20. The van der Waals surface area contributed by atoms with Crippen LogP contribution in [0.15, 0.2) is 40.1 Å². The van der Waals surface area contributed by atoms with E-state index in [-0.39, 0.29) is 12.2 Å². The summed E-state index contributed by atoms with van der Waals surface area (Å²) in [5.74, 6) is -0.834. The van der Waals surface area contributed by atoms with Crippen LogP contribution < -0.4 is 9.99 Å². The first-order chi connectivity index (χ1) is 17.8. The Morgan fingerprint density at radius 2 is 1.32 bits per heavy atom. The SMILES string of the molecule is CCCCCCCCCCCCCCCCCC(=O)Oc1cc2ccc(SO[O-])cc2cc1S(=O)(=O)[O-]. The van der Waals surface area contributed by atoms with Crippen molar-refractivity contribution in [1.82, 2.24) is 0 Å². The molecular formula is C28H40O7S2-2. The number of carbonyl (C=O) groups is 1. The predicted octanol–water partition coefficient (Wildman–Crippen LogP) is 7.21. The van der Waals surface area contributed by atoms with Gasteiger partial charge in [-0.3, -0.25) is 4.79 Å². The molecule has 0 N–H and O–H groups in total. The van der Waals surface area contributed by atoms with E-state index in [9.17, 15) is 23.0 Å². The smallest absolute Gasteiger partial charge is 0.311 e. The maximum absolute atomic E-state index is 12.3. The molecular weight excluding hydrogens is 512 g/mol. The molecule has 0 spiro atoms. The molecule has 0 heterocycles. The summed E-state index contributed by atoms with van der Waals surface area (Å²) in [7, 11) is -4.87. The van der Waals surface area contributed by atoms with Gasteiger partial charge in [-0.05, 0) is 41.5 Å². The van der Waals surface area contributed by atoms with Gasteiger partial charge in [0.1, 0.15) is 15.9 Å². The van der Waals surface area contributed by atoms with Gasteiger partial charge in [0, 0.05) is 23.4 Å². The number of hydrogen-bond acceptors (Lipinski definition) is 8. The Bertz CT molecular complexity index is 1050. The molecule has 0 aliphatic heterocycles. The van der Waals surface area contributed by atoms with Crippen molar-refractivity contribution in [2.75, 3.05) is 0 Å². The van der Waals surface area contributed by atoms with Crippen LogP contribution in [0.1, 0.15) is 110 Å². The third-order valence-corrected chi connectivity index (χ3v) is 7.85. The third-order valence-electron chi connectivity index (χ3n) is 6.48. The number of carbonyl (C=O) groups excluding carboxylic acids is 1. The zero-order valence-corrected chi connectivity index (χ0v) is 23.5. The molecule has 0 saturated carbocycles. The first-order valence-electron chi connectivity index (χ1n) is 13.6. The van der Waals surface area contributed by atoms with Crippen LogP contribution >= 0.6 is 12.0 Å². The molecule has 7 nitrogen and oxygen atoms in total. The Morgan fingerprint density at radius 1 is 0.784 bits per heavy atom. The van der Waals surface area contributed by atoms with E-state index in [0.717, 1.165) is 25.3 Å². The molecule has 0 aromatic heterocycles. The molecule has 0 bridgehead atoms. The second-order valence-corrected chi connectivity index (χ2v) is 11.7. The molecule has 208 valence electrons. The molecule has 0 radical (unpaired) electrons. The summed E-state index contributed by atoms with van der Waals surface area (Å²) in [5.41, 5.74) is 0. The highest BCUT2D eigenvalue weighted by Crippen LogP contribution is 2.32. The lowest BCUT2D eigenvalue weighted by Gasteiger charge is -2.15. The minimum absolute atomic E-state index is 0.158. The van der Waals surface area contributed by atoms with Crippen molar-refractivity contribution in [3.8, 4) is 5.75 Å². The average molecular weight is 553 g/mol. The van der Waals surface area contributed by atoms with Crippen LogP contribution in [0.3, 0.4) is 0 Å². The van der Waals surface area contributed by atoms with Crippen molar-refractivity contribution in [2.24, 2.45) is 0 Å². The lowest BCUT2D eigenvalue weighted by molar-refractivity contribution is -0.630. The first-order valence-corrected chi connectivity index (χ1v) is 15.7. The fourth-order valence-corrected chi connectivity index (χ4v) is 5.41. The summed E-state index contributed by atoms with van der Waals surface area (Å²) in [6.07, 6.45) is 18.5. The van der Waals surface area contributed by atoms with Crippen LogP contribution in [0.2, 0.25) is 0 Å². The minimum atomic E-state index is -4.87. The Balaban J connectivity index is 1.66. The number of benzene rings is 2. The van der Waals surface area contributed by atoms with Crippen LogP contribution in [0.4, 0.5) is 0 Å². The molecule has 0 fully saturated rings. The van der Waals surface area contributed by atoms with Gasteiger partial charge in [0.15, 0.2) is 0 Å². The number of ether oxygens (including phenoxy) is 1. The highest BCUT2D eigenvalue weighted by Gasteiger charge is 2.16. The lowest BCUT2D eigenvalue weighted by atomic mass is 10.0. The van der Waals surface area contributed by atoms with Gasteiger partial charge in [-0.2, -0.15) is 0 Å². The minimum Gasteiger partial charge on any atom is -0.744 e. The van der Waals surface area contributed by atoms with Gasteiger partial charge < -0.3 is 18.9 Å². The molecule has 0 aliphatic carbocycles. The molecule has 0 saturated heterocycles. The average Bonchev–Trinajstić information content (AvgIpc) is 2.85. The normalized spacial score (nSPS) is 11.8. The van der Waals surface area contributed by atoms with Crippen molar-refractivity contribution in [2.45, 2.75) is 119 Å². The second-order valence-electron chi connectivity index (χ2n) is 9.59. The standard InChI is InChI=1S/C28H42O7S2/c1-2-3-4-5-6-7-8-9-10-11-12-13-14-15-16-17-28(29)34-26-21-23-18-19-25(36-35-30)20-24(23)22-27(26)37(31,32)33/h18-22,30H,2-17H2,1H3,(H,31,32,33)/p-2. The number of fused-ring (bicyclic) bond motifs is 1. The molecule has 0 aliphatic rings. The Kier molecular flexibility index (Phi) is 15.2. The molecule has 9 heteroatoms. The van der Waals surface area contributed by atoms with E-state index in [4.69, 9.17) is 4.74 Å². The fourth-order valence-electron chi connectivity index (χ4n) is 4.41. The van der Waals surface area contributed by atoms with Gasteiger partial charge >= 0.3 is 5.97 Å². The van der Waals surface area contributed by atoms with E-state index < -0.39 is 21.0 Å². The number of esters is 1. The van der Waals surface area contributed by atoms with Crippen molar-refractivity contribution in [3.63, 3.8) is 0 Å². The molecule has 2 aromatic carbocycles. The summed E-state index contributed by atoms with van der Waals surface area (Å²) in [6.45, 7) is 2.25. The van der Waals surface area contributed by atoms with Gasteiger partial charge in [0.2, 0.25) is 0 Å². The number of unbranched alkanes of at least 4 members (excludes halogenated alkanes) is 14. The maximum atomic E-state index is 12.3. The fraction of sp³-hybridized carbons (Fsp3) is 0.607. The van der Waals surface area contributed by atoms with E-state index in [1.807, 2.05) is 0 Å². The largest absolute Gasteiger partial charge is 0.744 e. The zero-order valence-electron chi connectivity index (χ0n) is 21.9. The summed E-state index contributed by atoms with van der Waals surface area (Å²) in [4.78, 5) is 12.2. The quantitative estimate of drug-likeness (QED) is 0.0322. The molecule has 0 atom stereocenters. The van der Waals surface area contributed by atoms with E-state index in [1.54, 1.807) is 12.1 Å². The van der Waals surface area contributed by atoms with Crippen molar-refractivity contribution in [1.29, 1.82) is 0 Å². The summed E-state index contributed by atoms with van der Waals surface area (Å²) in [6, 6.07) is 7.27. The highest BCUT2D eigenvalue weighted by atomic mass is 32.2. The molecule has 37 heavy (non-hydrogen) atoms. The Hall–Kier alpha value is -1.65. The van der Waals surface area contributed by atoms with Crippen molar-refractivity contribution >= 4 is 38.9 Å². The summed E-state index contributed by atoms with van der Waals surface area (Å²) >= 11 is 0.573. The maximum Gasteiger partial charge on any atom is 0.311 e. The number of hydrogen-bond donors (Lipinski definition) is 0. The third kappa shape index (κ3) is 12.6. The van der Waals surface area contributed by atoms with Gasteiger partial charge in [-0.15, -0.1) is 0 Å². The van der Waals surface area contributed by atoms with E-state index in [1.165, 1.54) is 82.8 Å². The van der Waals surface area contributed by atoms with E-state index in [0.29, 0.717) is 34.1 Å². The first kappa shape index (κ1) is 31.6. The van der Waals surface area contributed by atoms with Crippen LogP contribution in [-0.2, 0) is 19.2 Å². The van der Waals surface area contributed by atoms with Crippen LogP contribution in [0.25, 0.3) is 10.8 Å². The zero-order chi connectivity index (χ0) is 26.9. The van der Waals surface area contributed by atoms with Gasteiger partial charge in [-0.1, -0.05) is 103 Å². The lowest BCUT2D eigenvalue weighted by Crippen LogP contribution is -2.11. The molecule has 2 rings (SSSR count). The van der Waals surface area contributed by atoms with Crippen LogP contribution in [0.5, 0.6) is 5.75 Å². The van der Waals surface area contributed by atoms with E-state index >= 15 is 0 Å². The van der Waals surface area contributed by atoms with Crippen molar-refractivity contribution < 1.29 is 32.1 Å². The van der Waals surface area contributed by atoms with Crippen LogP contribution in [-0.4, -0.2) is 18.9 Å². The molecule has 2 aromatic rings. The Labute approximate surface area is 226 Å². The highest BCUT2D eigenvalue weighted by molar-refractivity contribution is 7.94. The second kappa shape index (κ2) is 17.8. The topological polar surface area (TPSA) is 116 Å². The predicted molar refractivity (Wildman–Crippen MR) is 144 cm³/mol. The van der Waals surface area contributed by atoms with Crippen LogP contribution in [0, 0.1) is 0 Å². The van der Waals surface area contributed by atoms with Gasteiger partial charge in [-0.25, -0.2) is 8.42 Å². The summed E-state index contributed by atoms with van der Waals surface area (Å²) < 4.78 is 44.4. The van der Waals surface area contributed by atoms with Gasteiger partial charge in [0.25, 0.3) is 0 Å². The molecule has 0 amide bonds. The molecule has 0 unspecified atom stereocenters. The summed E-state index contributed by atoms with van der Waals surface area (Å²) in [5, 5.41) is 11.3. The van der Waals surface area contributed by atoms with Crippen molar-refractivity contribution in [3.05, 3.63) is 30.3 Å². The monoisotopic (exact) mass is 552 g/mol. The van der Waals surface area contributed by atoms with E-state index in [2.05, 4.69) is 11.3 Å².